The quantitative estimate of drug-likeness (QED) is 0.737. The van der Waals surface area contributed by atoms with E-state index >= 15 is 0 Å². The fourth-order valence-electron chi connectivity index (χ4n) is 2.86. The van der Waals surface area contributed by atoms with Gasteiger partial charge in [0.1, 0.15) is 12.2 Å². The van der Waals surface area contributed by atoms with Crippen LogP contribution >= 0.6 is 0 Å². The number of hydrogen-bond donors (Lipinski definition) is 2. The van der Waals surface area contributed by atoms with Crippen molar-refractivity contribution >= 4 is 17.4 Å². The van der Waals surface area contributed by atoms with Crippen molar-refractivity contribution in [3.05, 3.63) is 52.8 Å². The number of hydrogen-bond acceptors (Lipinski definition) is 4. The highest BCUT2D eigenvalue weighted by Crippen LogP contribution is 2.22. The molecule has 0 aliphatic heterocycles. The summed E-state index contributed by atoms with van der Waals surface area (Å²) in [6.07, 6.45) is -5.07. The Kier molecular flexibility index (Phi) is 6.84. The molecule has 0 fully saturated rings. The van der Waals surface area contributed by atoms with Crippen LogP contribution in [0.1, 0.15) is 13.8 Å². The van der Waals surface area contributed by atoms with Crippen molar-refractivity contribution in [2.75, 3.05) is 12.4 Å². The van der Waals surface area contributed by atoms with Crippen LogP contribution in [0.3, 0.4) is 0 Å². The van der Waals surface area contributed by atoms with E-state index in [4.69, 9.17) is 0 Å². The highest BCUT2D eigenvalue weighted by Gasteiger charge is 2.45. The number of nitrogens with one attached hydrogen (secondary N) is 2. The largest absolute Gasteiger partial charge is 0.452 e. The number of benzene rings is 1. The molecule has 0 bridgehead atoms. The van der Waals surface area contributed by atoms with Gasteiger partial charge in [-0.15, -0.1) is 0 Å². The Balaban J connectivity index is 2.38. The lowest BCUT2D eigenvalue weighted by molar-refractivity contribution is -0.174. The summed E-state index contributed by atoms with van der Waals surface area (Å²) >= 11 is 0. The van der Waals surface area contributed by atoms with E-state index < -0.39 is 41.9 Å². The Morgan fingerprint density at radius 1 is 1.07 bits per heavy atom. The Morgan fingerprint density at radius 3 is 2.21 bits per heavy atom. The van der Waals surface area contributed by atoms with E-state index in [0.29, 0.717) is 11.3 Å². The number of aromatic nitrogens is 1. The number of carbonyl (C=O) groups is 2. The van der Waals surface area contributed by atoms with E-state index in [1.165, 1.54) is 13.8 Å². The molecule has 29 heavy (non-hydrogen) atoms. The maximum atomic E-state index is 12.8. The average Bonchev–Trinajstić information content (AvgIpc) is 2.66. The SMILES string of the molecule is CNc1ccc(-c2ccccc2)n(CC(=O)NC(C(=O)C(F)(F)F)C(C)C)c1=O. The second-order valence-electron chi connectivity index (χ2n) is 6.79. The topological polar surface area (TPSA) is 80.2 Å². The van der Waals surface area contributed by atoms with Crippen LogP contribution in [0.2, 0.25) is 0 Å². The molecule has 1 unspecified atom stereocenters. The van der Waals surface area contributed by atoms with E-state index in [9.17, 15) is 27.6 Å². The summed E-state index contributed by atoms with van der Waals surface area (Å²) in [4.78, 5) is 36.8. The van der Waals surface area contributed by atoms with Crippen LogP contribution in [0.15, 0.2) is 47.3 Å². The maximum absolute atomic E-state index is 12.8. The van der Waals surface area contributed by atoms with Crippen molar-refractivity contribution in [2.45, 2.75) is 32.6 Å². The Bertz CT molecular complexity index is 937. The van der Waals surface area contributed by atoms with Crippen LogP contribution in [0, 0.1) is 5.92 Å². The number of rotatable bonds is 7. The Labute approximate surface area is 165 Å². The van der Waals surface area contributed by atoms with Crippen molar-refractivity contribution in [3.8, 4) is 11.3 Å². The predicted molar refractivity (Wildman–Crippen MR) is 104 cm³/mol. The number of carbonyl (C=O) groups excluding carboxylic acids is 2. The number of amides is 1. The highest BCUT2D eigenvalue weighted by atomic mass is 19.4. The first kappa shape index (κ1) is 22.2. The van der Waals surface area contributed by atoms with E-state index in [1.807, 2.05) is 0 Å². The standard InChI is InChI=1S/C20H22F3N3O3/c1-12(2)17(18(28)20(21,22)23)25-16(27)11-26-15(13-7-5-4-6-8-13)10-9-14(24-3)19(26)29/h4-10,12,17,24H,11H2,1-3H3,(H,25,27). The summed E-state index contributed by atoms with van der Waals surface area (Å²) in [7, 11) is 1.54. The van der Waals surface area contributed by atoms with Gasteiger partial charge in [-0.2, -0.15) is 13.2 Å². The Hall–Kier alpha value is -3.10. The molecule has 1 atom stereocenters. The van der Waals surface area contributed by atoms with Crippen molar-refractivity contribution < 1.29 is 22.8 Å². The predicted octanol–water partition coefficient (Wildman–Crippen LogP) is 2.83. The van der Waals surface area contributed by atoms with E-state index in [0.717, 1.165) is 4.57 Å². The molecule has 1 heterocycles. The van der Waals surface area contributed by atoms with Crippen LogP contribution in [0.5, 0.6) is 0 Å². The first-order valence-electron chi connectivity index (χ1n) is 8.93. The molecule has 0 radical (unpaired) electrons. The van der Waals surface area contributed by atoms with Crippen molar-refractivity contribution in [1.29, 1.82) is 0 Å². The van der Waals surface area contributed by atoms with Gasteiger partial charge in [-0.05, 0) is 23.6 Å². The molecule has 156 valence electrons. The zero-order valence-corrected chi connectivity index (χ0v) is 16.2. The van der Waals surface area contributed by atoms with Crippen LogP contribution in [0.4, 0.5) is 18.9 Å². The molecular formula is C20H22F3N3O3. The van der Waals surface area contributed by atoms with Gasteiger partial charge in [0.2, 0.25) is 5.91 Å². The third-order valence-electron chi connectivity index (χ3n) is 4.36. The van der Waals surface area contributed by atoms with Crippen molar-refractivity contribution in [3.63, 3.8) is 0 Å². The van der Waals surface area contributed by atoms with Crippen LogP contribution in [0.25, 0.3) is 11.3 Å². The van der Waals surface area contributed by atoms with Gasteiger partial charge in [0.25, 0.3) is 11.3 Å². The number of alkyl halides is 3. The van der Waals surface area contributed by atoms with Gasteiger partial charge >= 0.3 is 6.18 Å². The van der Waals surface area contributed by atoms with Crippen molar-refractivity contribution in [1.82, 2.24) is 9.88 Å². The van der Waals surface area contributed by atoms with E-state index in [-0.39, 0.29) is 5.69 Å². The number of halogens is 3. The normalized spacial score (nSPS) is 12.5. The monoisotopic (exact) mass is 409 g/mol. The summed E-state index contributed by atoms with van der Waals surface area (Å²) in [5.74, 6) is -3.67. The lowest BCUT2D eigenvalue weighted by Gasteiger charge is -2.23. The molecule has 2 aromatic rings. The molecule has 0 aliphatic rings. The van der Waals surface area contributed by atoms with Crippen LogP contribution in [-0.2, 0) is 16.1 Å². The summed E-state index contributed by atoms with van der Waals surface area (Å²) in [6.45, 7) is 2.27. The minimum atomic E-state index is -5.07. The first-order valence-corrected chi connectivity index (χ1v) is 8.93. The molecule has 1 amide bonds. The summed E-state index contributed by atoms with van der Waals surface area (Å²) in [5.41, 5.74) is 0.802. The average molecular weight is 409 g/mol. The number of nitrogens with zero attached hydrogens (tertiary/aromatic N) is 1. The molecule has 9 heteroatoms. The smallest absolute Gasteiger partial charge is 0.384 e. The number of pyridine rings is 1. The third-order valence-corrected chi connectivity index (χ3v) is 4.36. The minimum absolute atomic E-state index is 0.226. The second kappa shape index (κ2) is 8.93. The van der Waals surface area contributed by atoms with E-state index in [1.54, 1.807) is 49.5 Å². The fraction of sp³-hybridized carbons (Fsp3) is 0.350. The molecule has 0 aliphatic carbocycles. The summed E-state index contributed by atoms with van der Waals surface area (Å²) < 4.78 is 39.6. The summed E-state index contributed by atoms with van der Waals surface area (Å²) in [6, 6.07) is 10.3. The van der Waals surface area contributed by atoms with Gasteiger partial charge in [0, 0.05) is 7.05 Å². The zero-order valence-electron chi connectivity index (χ0n) is 16.2. The molecule has 1 aromatic carbocycles. The van der Waals surface area contributed by atoms with Gasteiger partial charge in [0.05, 0.1) is 11.7 Å². The lowest BCUT2D eigenvalue weighted by Crippen LogP contribution is -2.50. The number of ketones is 1. The third kappa shape index (κ3) is 5.24. The minimum Gasteiger partial charge on any atom is -0.384 e. The van der Waals surface area contributed by atoms with Gasteiger partial charge in [-0.3, -0.25) is 19.0 Å². The molecule has 0 saturated heterocycles. The van der Waals surface area contributed by atoms with Gasteiger partial charge in [-0.25, -0.2) is 0 Å². The second-order valence-corrected chi connectivity index (χ2v) is 6.79. The molecule has 1 aromatic heterocycles. The molecular weight excluding hydrogens is 387 g/mol. The first-order chi connectivity index (χ1) is 13.6. The van der Waals surface area contributed by atoms with Gasteiger partial charge in [0.15, 0.2) is 0 Å². The molecule has 6 nitrogen and oxygen atoms in total. The zero-order chi connectivity index (χ0) is 21.8. The maximum Gasteiger partial charge on any atom is 0.452 e. The van der Waals surface area contributed by atoms with Gasteiger partial charge < -0.3 is 10.6 Å². The van der Waals surface area contributed by atoms with Crippen LogP contribution < -0.4 is 16.2 Å². The molecule has 2 N–H and O–H groups in total. The number of anilines is 1. The highest BCUT2D eigenvalue weighted by molar-refractivity contribution is 5.93. The fourth-order valence-corrected chi connectivity index (χ4v) is 2.86. The van der Waals surface area contributed by atoms with Crippen LogP contribution in [-0.4, -0.2) is 35.5 Å². The molecule has 0 saturated carbocycles. The molecule has 2 rings (SSSR count). The molecule has 0 spiro atoms. The number of Topliss-reactive ketones (excluding diaryl/α,β-unsaturated/α-hetero) is 1. The van der Waals surface area contributed by atoms with Crippen molar-refractivity contribution in [2.24, 2.45) is 5.92 Å². The summed E-state index contributed by atoms with van der Waals surface area (Å²) in [5, 5.41) is 4.84. The van der Waals surface area contributed by atoms with E-state index in [2.05, 4.69) is 10.6 Å². The Morgan fingerprint density at radius 2 is 1.69 bits per heavy atom. The lowest BCUT2D eigenvalue weighted by atomic mass is 9.99. The van der Waals surface area contributed by atoms with Gasteiger partial charge in [-0.1, -0.05) is 44.2 Å².